The fraction of sp³-hybridized carbons (Fsp3) is 1.00. The molecule has 2 aliphatic rings. The lowest BCUT2D eigenvalue weighted by Crippen LogP contribution is -2.65. The van der Waals surface area contributed by atoms with Crippen LogP contribution in [0.25, 0.3) is 0 Å². The van der Waals surface area contributed by atoms with E-state index >= 15 is 0 Å². The highest BCUT2D eigenvalue weighted by Gasteiger charge is 2.48. The summed E-state index contributed by atoms with van der Waals surface area (Å²) in [6.45, 7) is 14.3. The number of piperazine rings is 1. The third kappa shape index (κ3) is 2.60. The molecule has 1 aliphatic heterocycles. The van der Waals surface area contributed by atoms with E-state index in [2.05, 4.69) is 44.8 Å². The fourth-order valence-electron chi connectivity index (χ4n) is 3.74. The Labute approximate surface area is 114 Å². The van der Waals surface area contributed by atoms with Gasteiger partial charge in [0.15, 0.2) is 0 Å². The molecule has 2 nitrogen and oxygen atoms in total. The van der Waals surface area contributed by atoms with Crippen LogP contribution in [0.2, 0.25) is 0 Å². The topological polar surface area (TPSA) is 15.3 Å². The van der Waals surface area contributed by atoms with Gasteiger partial charge in [-0.3, -0.25) is 4.90 Å². The van der Waals surface area contributed by atoms with E-state index in [0.717, 1.165) is 23.9 Å². The van der Waals surface area contributed by atoms with Crippen LogP contribution in [-0.2, 0) is 0 Å². The Hall–Kier alpha value is -0.0800. The fourth-order valence-corrected chi connectivity index (χ4v) is 3.74. The largest absolute Gasteiger partial charge is 0.308 e. The van der Waals surface area contributed by atoms with Crippen molar-refractivity contribution in [1.29, 1.82) is 0 Å². The molecule has 0 amide bonds. The van der Waals surface area contributed by atoms with Gasteiger partial charge in [0.05, 0.1) is 0 Å². The van der Waals surface area contributed by atoms with Crippen molar-refractivity contribution in [3.63, 3.8) is 0 Å². The third-order valence-corrected chi connectivity index (χ3v) is 5.56. The van der Waals surface area contributed by atoms with Gasteiger partial charge in [-0.25, -0.2) is 0 Å². The number of rotatable bonds is 5. The predicted molar refractivity (Wildman–Crippen MR) is 78.8 cm³/mol. The van der Waals surface area contributed by atoms with Gasteiger partial charge in [-0.1, -0.05) is 41.0 Å². The van der Waals surface area contributed by atoms with Gasteiger partial charge in [0.25, 0.3) is 0 Å². The maximum Gasteiger partial charge on any atom is 0.0304 e. The SMILES string of the molecule is CCC1CC1N1CC(CC)(CC)NCC1C(C)C. The minimum Gasteiger partial charge on any atom is -0.308 e. The normalized spacial score (nSPS) is 36.0. The van der Waals surface area contributed by atoms with E-state index in [1.54, 1.807) is 0 Å². The number of hydrogen-bond acceptors (Lipinski definition) is 2. The molecule has 1 heterocycles. The lowest BCUT2D eigenvalue weighted by molar-refractivity contribution is 0.0398. The van der Waals surface area contributed by atoms with Gasteiger partial charge in [0.1, 0.15) is 0 Å². The zero-order valence-electron chi connectivity index (χ0n) is 13.0. The zero-order chi connectivity index (χ0) is 13.3. The van der Waals surface area contributed by atoms with Crippen molar-refractivity contribution in [2.45, 2.75) is 77.9 Å². The molecule has 2 rings (SSSR count). The standard InChI is InChI=1S/C16H32N2/c1-6-13-9-14(13)18-11-16(7-2,8-3)17-10-15(18)12(4)5/h12-15,17H,6-11H2,1-5H3. The highest BCUT2D eigenvalue weighted by atomic mass is 15.3. The van der Waals surface area contributed by atoms with E-state index < -0.39 is 0 Å². The lowest BCUT2D eigenvalue weighted by Gasteiger charge is -2.49. The van der Waals surface area contributed by atoms with Crippen molar-refractivity contribution in [3.05, 3.63) is 0 Å². The second-order valence-electron chi connectivity index (χ2n) is 6.82. The Kier molecular flexibility index (Phi) is 4.38. The molecule has 1 saturated carbocycles. The Bertz CT molecular complexity index is 270. The minimum atomic E-state index is 0.381. The summed E-state index contributed by atoms with van der Waals surface area (Å²) in [5, 5.41) is 3.87. The maximum absolute atomic E-state index is 3.87. The predicted octanol–water partition coefficient (Wildman–Crippen LogP) is 3.27. The van der Waals surface area contributed by atoms with Crippen LogP contribution in [0, 0.1) is 11.8 Å². The van der Waals surface area contributed by atoms with E-state index in [-0.39, 0.29) is 0 Å². The second kappa shape index (κ2) is 5.50. The van der Waals surface area contributed by atoms with Crippen LogP contribution in [0.5, 0.6) is 0 Å². The van der Waals surface area contributed by atoms with Crippen molar-refractivity contribution >= 4 is 0 Å². The first kappa shape index (κ1) is 14.3. The molecule has 1 N–H and O–H groups in total. The minimum absolute atomic E-state index is 0.381. The van der Waals surface area contributed by atoms with E-state index in [9.17, 15) is 0 Å². The molecule has 1 aliphatic carbocycles. The molecule has 0 aromatic rings. The summed E-state index contributed by atoms with van der Waals surface area (Å²) in [5.41, 5.74) is 0.381. The van der Waals surface area contributed by atoms with E-state index in [1.165, 1.54) is 38.8 Å². The number of nitrogens with one attached hydrogen (secondary N) is 1. The highest BCUT2D eigenvalue weighted by molar-refractivity contribution is 5.05. The summed E-state index contributed by atoms with van der Waals surface area (Å²) in [4.78, 5) is 2.86. The van der Waals surface area contributed by atoms with Crippen molar-refractivity contribution in [1.82, 2.24) is 10.2 Å². The molecule has 0 bridgehead atoms. The number of nitrogens with zero attached hydrogens (tertiary/aromatic N) is 1. The molecule has 18 heavy (non-hydrogen) atoms. The molecular weight excluding hydrogens is 220 g/mol. The average molecular weight is 252 g/mol. The molecule has 0 radical (unpaired) electrons. The molecule has 2 heteroatoms. The summed E-state index contributed by atoms with van der Waals surface area (Å²) < 4.78 is 0. The molecular formula is C16H32N2. The molecule has 3 unspecified atom stereocenters. The van der Waals surface area contributed by atoms with Gasteiger partial charge in [0.2, 0.25) is 0 Å². The average Bonchev–Trinajstić information content (AvgIpc) is 3.17. The molecule has 0 spiro atoms. The molecule has 1 saturated heterocycles. The first-order valence-electron chi connectivity index (χ1n) is 8.07. The van der Waals surface area contributed by atoms with Crippen LogP contribution >= 0.6 is 0 Å². The monoisotopic (exact) mass is 252 g/mol. The van der Waals surface area contributed by atoms with Crippen LogP contribution in [0.3, 0.4) is 0 Å². The summed E-state index contributed by atoms with van der Waals surface area (Å²) in [6, 6.07) is 1.64. The second-order valence-corrected chi connectivity index (χ2v) is 6.82. The summed E-state index contributed by atoms with van der Waals surface area (Å²) >= 11 is 0. The van der Waals surface area contributed by atoms with E-state index in [0.29, 0.717) is 5.54 Å². The van der Waals surface area contributed by atoms with Gasteiger partial charge in [-0.05, 0) is 31.1 Å². The van der Waals surface area contributed by atoms with Crippen molar-refractivity contribution < 1.29 is 0 Å². The van der Waals surface area contributed by atoms with Gasteiger partial charge in [-0.15, -0.1) is 0 Å². The van der Waals surface area contributed by atoms with Gasteiger partial charge >= 0.3 is 0 Å². The first-order valence-corrected chi connectivity index (χ1v) is 8.07. The molecule has 0 aromatic carbocycles. The van der Waals surface area contributed by atoms with E-state index in [4.69, 9.17) is 0 Å². The third-order valence-electron chi connectivity index (χ3n) is 5.56. The van der Waals surface area contributed by atoms with Gasteiger partial charge in [0, 0.05) is 30.7 Å². The van der Waals surface area contributed by atoms with Crippen LogP contribution < -0.4 is 5.32 Å². The van der Waals surface area contributed by atoms with Crippen LogP contribution in [0.4, 0.5) is 0 Å². The van der Waals surface area contributed by atoms with Crippen molar-refractivity contribution in [3.8, 4) is 0 Å². The van der Waals surface area contributed by atoms with Crippen LogP contribution in [0.15, 0.2) is 0 Å². The first-order chi connectivity index (χ1) is 8.56. The summed E-state index contributed by atoms with van der Waals surface area (Å²) in [5.74, 6) is 1.75. The quantitative estimate of drug-likeness (QED) is 0.808. The zero-order valence-corrected chi connectivity index (χ0v) is 13.0. The Morgan fingerprint density at radius 1 is 1.22 bits per heavy atom. The highest BCUT2D eigenvalue weighted by Crippen LogP contribution is 2.42. The molecule has 3 atom stereocenters. The maximum atomic E-state index is 3.87. The molecule has 106 valence electrons. The van der Waals surface area contributed by atoms with Crippen LogP contribution in [-0.4, -0.2) is 35.6 Å². The smallest absolute Gasteiger partial charge is 0.0304 e. The Morgan fingerprint density at radius 3 is 2.33 bits per heavy atom. The summed E-state index contributed by atoms with van der Waals surface area (Å²) in [7, 11) is 0. The van der Waals surface area contributed by atoms with Gasteiger partial charge in [-0.2, -0.15) is 0 Å². The van der Waals surface area contributed by atoms with Crippen LogP contribution in [0.1, 0.15) is 60.3 Å². The van der Waals surface area contributed by atoms with Crippen molar-refractivity contribution in [2.24, 2.45) is 11.8 Å². The Morgan fingerprint density at radius 2 is 1.89 bits per heavy atom. The molecule has 0 aromatic heterocycles. The summed E-state index contributed by atoms with van der Waals surface area (Å²) in [6.07, 6.45) is 5.33. The van der Waals surface area contributed by atoms with Gasteiger partial charge < -0.3 is 5.32 Å². The lowest BCUT2D eigenvalue weighted by atomic mass is 9.86. The Balaban J connectivity index is 2.09. The van der Waals surface area contributed by atoms with E-state index in [1.807, 2.05) is 0 Å². The number of hydrogen-bond donors (Lipinski definition) is 1. The molecule has 2 fully saturated rings. The van der Waals surface area contributed by atoms with Crippen molar-refractivity contribution in [2.75, 3.05) is 13.1 Å².